The van der Waals surface area contributed by atoms with Gasteiger partial charge in [0.1, 0.15) is 0 Å². The first-order valence-corrected chi connectivity index (χ1v) is 7.19. The van der Waals surface area contributed by atoms with Crippen molar-refractivity contribution < 1.29 is 37.0 Å². The Morgan fingerprint density at radius 1 is 0.882 bits per heavy atom. The van der Waals surface area contributed by atoms with Crippen LogP contribution in [0.2, 0.25) is 0 Å². The molecule has 0 rings (SSSR count). The number of hydrogen-bond donors (Lipinski definition) is 0. The van der Waals surface area contributed by atoms with E-state index in [2.05, 4.69) is 18.1 Å². The maximum Gasteiger partial charge on any atom is 2.00 e. The van der Waals surface area contributed by atoms with Crippen molar-refractivity contribution >= 4 is 38.7 Å². The standard InChI is InChI=1S/2C3H9O4P.Mg/c2*1-3-7-8(4,5)6-2;/h2*3H2,1-2H3,(H,4,5);/q;;+2/p-2. The molecule has 0 N–H and O–H groups in total. The number of phosphoric acid groups is 2. The van der Waals surface area contributed by atoms with Crippen molar-refractivity contribution in [3.05, 3.63) is 0 Å². The summed E-state index contributed by atoms with van der Waals surface area (Å²) >= 11 is 0. The van der Waals surface area contributed by atoms with E-state index in [0.717, 1.165) is 14.2 Å². The van der Waals surface area contributed by atoms with Crippen molar-refractivity contribution in [1.29, 1.82) is 0 Å². The molecule has 0 aliphatic rings. The minimum Gasteiger partial charge on any atom is -0.756 e. The van der Waals surface area contributed by atoms with Gasteiger partial charge in [0, 0.05) is 14.2 Å². The monoisotopic (exact) mass is 302 g/mol. The van der Waals surface area contributed by atoms with Gasteiger partial charge in [0.05, 0.1) is 13.2 Å². The molecule has 0 heterocycles. The van der Waals surface area contributed by atoms with Crippen LogP contribution in [0.4, 0.5) is 0 Å². The van der Waals surface area contributed by atoms with Crippen molar-refractivity contribution in [3.63, 3.8) is 0 Å². The molecule has 0 amide bonds. The maximum atomic E-state index is 10.2. The van der Waals surface area contributed by atoms with Gasteiger partial charge in [-0.1, -0.05) is 0 Å². The van der Waals surface area contributed by atoms with Crippen LogP contribution in [-0.4, -0.2) is 50.5 Å². The third-order valence-electron chi connectivity index (χ3n) is 1.02. The van der Waals surface area contributed by atoms with E-state index in [4.69, 9.17) is 0 Å². The average Bonchev–Trinajstić information content (AvgIpc) is 2.19. The summed E-state index contributed by atoms with van der Waals surface area (Å²) in [5, 5.41) is 0. The molecule has 0 spiro atoms. The quantitative estimate of drug-likeness (QED) is 0.493. The average molecular weight is 302 g/mol. The molecule has 0 bridgehead atoms. The Morgan fingerprint density at radius 2 is 1.12 bits per heavy atom. The Labute approximate surface area is 117 Å². The van der Waals surface area contributed by atoms with E-state index in [9.17, 15) is 18.9 Å². The molecule has 0 fully saturated rings. The third kappa shape index (κ3) is 17.0. The fraction of sp³-hybridized carbons (Fsp3) is 1.00. The summed E-state index contributed by atoms with van der Waals surface area (Å²) in [7, 11) is -5.73. The first-order chi connectivity index (χ1) is 7.24. The number of hydrogen-bond acceptors (Lipinski definition) is 8. The maximum absolute atomic E-state index is 10.2. The molecule has 2 unspecified atom stereocenters. The first kappa shape index (κ1) is 23.1. The van der Waals surface area contributed by atoms with Crippen molar-refractivity contribution in [3.8, 4) is 0 Å². The molecule has 0 aromatic carbocycles. The van der Waals surface area contributed by atoms with Gasteiger partial charge in [0.2, 0.25) is 0 Å². The summed E-state index contributed by atoms with van der Waals surface area (Å²) in [4.78, 5) is 20.4. The molecule has 0 aliphatic carbocycles. The van der Waals surface area contributed by atoms with Crippen LogP contribution >= 0.6 is 15.6 Å². The van der Waals surface area contributed by atoms with Crippen LogP contribution in [0, 0.1) is 0 Å². The van der Waals surface area contributed by atoms with Crippen molar-refractivity contribution in [2.45, 2.75) is 13.8 Å². The summed E-state index contributed by atoms with van der Waals surface area (Å²) in [6.45, 7) is 3.39. The smallest absolute Gasteiger partial charge is 0.756 e. The zero-order chi connectivity index (χ0) is 13.2. The predicted molar refractivity (Wildman–Crippen MR) is 58.2 cm³/mol. The van der Waals surface area contributed by atoms with E-state index in [1.54, 1.807) is 13.8 Å². The van der Waals surface area contributed by atoms with Crippen LogP contribution < -0.4 is 9.79 Å². The van der Waals surface area contributed by atoms with Gasteiger partial charge in [-0.3, -0.25) is 9.13 Å². The number of phosphoric ester groups is 2. The minimum absolute atomic E-state index is 0. The molecular weight excluding hydrogens is 286 g/mol. The van der Waals surface area contributed by atoms with E-state index in [0.29, 0.717) is 0 Å². The summed E-state index contributed by atoms with van der Waals surface area (Å²) in [6, 6.07) is 0. The van der Waals surface area contributed by atoms with Gasteiger partial charge in [-0.2, -0.15) is 0 Å². The second kappa shape index (κ2) is 12.0. The Balaban J connectivity index is -0.000000218. The van der Waals surface area contributed by atoms with E-state index in [1.165, 1.54) is 0 Å². The first-order valence-electron chi connectivity index (χ1n) is 4.27. The molecule has 17 heavy (non-hydrogen) atoms. The van der Waals surface area contributed by atoms with Crippen LogP contribution in [0.15, 0.2) is 0 Å². The van der Waals surface area contributed by atoms with Gasteiger partial charge in [0.15, 0.2) is 0 Å². The van der Waals surface area contributed by atoms with Crippen molar-refractivity contribution in [1.82, 2.24) is 0 Å². The van der Waals surface area contributed by atoms with E-state index < -0.39 is 15.6 Å². The summed E-state index contributed by atoms with van der Waals surface area (Å²) in [5.74, 6) is 0. The minimum atomic E-state index is -3.92. The summed E-state index contributed by atoms with van der Waals surface area (Å²) in [6.07, 6.45) is 0. The van der Waals surface area contributed by atoms with E-state index in [1.807, 2.05) is 0 Å². The van der Waals surface area contributed by atoms with Gasteiger partial charge < -0.3 is 27.9 Å². The number of rotatable bonds is 6. The Bertz CT molecular complexity index is 234. The van der Waals surface area contributed by atoms with Crippen LogP contribution in [0.25, 0.3) is 0 Å². The predicted octanol–water partition coefficient (Wildman–Crippen LogP) is -0.105. The molecule has 0 radical (unpaired) electrons. The van der Waals surface area contributed by atoms with E-state index >= 15 is 0 Å². The van der Waals surface area contributed by atoms with Gasteiger partial charge in [0.25, 0.3) is 15.6 Å². The van der Waals surface area contributed by atoms with Crippen LogP contribution in [-0.2, 0) is 27.2 Å². The zero-order valence-electron chi connectivity index (χ0n) is 10.3. The van der Waals surface area contributed by atoms with Gasteiger partial charge >= 0.3 is 23.1 Å². The summed E-state index contributed by atoms with van der Waals surface area (Å²) in [5.41, 5.74) is 0. The molecule has 100 valence electrons. The van der Waals surface area contributed by atoms with Crippen LogP contribution in [0.5, 0.6) is 0 Å². The van der Waals surface area contributed by atoms with Gasteiger partial charge in [-0.15, -0.1) is 0 Å². The van der Waals surface area contributed by atoms with Crippen molar-refractivity contribution in [2.75, 3.05) is 27.4 Å². The molecule has 0 saturated carbocycles. The van der Waals surface area contributed by atoms with Crippen molar-refractivity contribution in [2.24, 2.45) is 0 Å². The fourth-order valence-corrected chi connectivity index (χ4v) is 1.26. The molecule has 0 aliphatic heterocycles. The molecule has 0 aromatic heterocycles. The fourth-order valence-electron chi connectivity index (χ4n) is 0.422. The molecule has 0 aromatic rings. The summed E-state index contributed by atoms with van der Waals surface area (Å²) < 4.78 is 36.6. The second-order valence-electron chi connectivity index (χ2n) is 2.10. The molecule has 8 nitrogen and oxygen atoms in total. The molecule has 2 atom stereocenters. The van der Waals surface area contributed by atoms with Crippen LogP contribution in [0.1, 0.15) is 13.8 Å². The molecular formula is C6H16MgO8P2. The SMILES string of the molecule is CCOP(=O)([O-])OC.CCOP(=O)([O-])OC.[Mg+2]. The third-order valence-corrected chi connectivity index (χ3v) is 3.06. The van der Waals surface area contributed by atoms with Crippen LogP contribution in [0.3, 0.4) is 0 Å². The molecule has 0 saturated heterocycles. The zero-order valence-corrected chi connectivity index (χ0v) is 13.5. The topological polar surface area (TPSA) is 117 Å². The normalized spacial score (nSPS) is 16.8. The van der Waals surface area contributed by atoms with Gasteiger partial charge in [-0.05, 0) is 13.8 Å². The largest absolute Gasteiger partial charge is 2.00 e. The Kier molecular flexibility index (Phi) is 16.4. The second-order valence-corrected chi connectivity index (χ2v) is 5.13. The Morgan fingerprint density at radius 3 is 1.18 bits per heavy atom. The molecule has 11 heteroatoms. The Hall–Kier alpha value is 0.986. The van der Waals surface area contributed by atoms with E-state index in [-0.39, 0.29) is 36.3 Å². The van der Waals surface area contributed by atoms with Gasteiger partial charge in [-0.25, -0.2) is 0 Å².